The molecule has 0 N–H and O–H groups in total. The Hall–Kier alpha value is -2.34. The van der Waals surface area contributed by atoms with Crippen molar-refractivity contribution in [1.29, 1.82) is 0 Å². The molecule has 0 spiro atoms. The molecule has 2 aromatic carbocycles. The highest BCUT2D eigenvalue weighted by Crippen LogP contribution is 2.34. The number of fused-ring (bicyclic) bond motifs is 2. The van der Waals surface area contributed by atoms with Gasteiger partial charge in [-0.25, -0.2) is 0 Å². The molecule has 29 heavy (non-hydrogen) atoms. The summed E-state index contributed by atoms with van der Waals surface area (Å²) < 4.78 is 7.76. The van der Waals surface area contributed by atoms with Crippen LogP contribution in [0.4, 0.5) is 5.69 Å². The molecule has 0 bridgehead atoms. The number of allylic oxidation sites excluding steroid dienone is 1. The van der Waals surface area contributed by atoms with E-state index in [-0.39, 0.29) is 24.0 Å². The molecule has 1 aliphatic heterocycles. The average Bonchev–Trinajstić information content (AvgIpc) is 2.73. The van der Waals surface area contributed by atoms with Crippen molar-refractivity contribution in [2.24, 2.45) is 0 Å². The second-order valence-corrected chi connectivity index (χ2v) is 7.14. The molecule has 0 amide bonds. The molecule has 0 saturated carbocycles. The summed E-state index contributed by atoms with van der Waals surface area (Å²) >= 11 is 0. The highest BCUT2D eigenvalue weighted by molar-refractivity contribution is 5.81. The SMILES string of the molecule is CCN1/C(=C/c2ccc3cc(C)ccc3[n+]2CC)C=Cc2cc(OC)ccc21.[I-]. The van der Waals surface area contributed by atoms with E-state index in [4.69, 9.17) is 4.74 Å². The van der Waals surface area contributed by atoms with Crippen molar-refractivity contribution in [1.82, 2.24) is 0 Å². The third kappa shape index (κ3) is 4.04. The molecule has 3 nitrogen and oxygen atoms in total. The molecule has 0 unspecified atom stereocenters. The number of rotatable bonds is 4. The Balaban J connectivity index is 0.00000240. The maximum absolute atomic E-state index is 5.38. The lowest BCUT2D eigenvalue weighted by Crippen LogP contribution is -3.00. The zero-order chi connectivity index (χ0) is 19.7. The van der Waals surface area contributed by atoms with E-state index in [2.05, 4.69) is 90.9 Å². The summed E-state index contributed by atoms with van der Waals surface area (Å²) in [6.45, 7) is 8.39. The lowest BCUT2D eigenvalue weighted by Gasteiger charge is -2.29. The Morgan fingerprint density at radius 2 is 1.83 bits per heavy atom. The van der Waals surface area contributed by atoms with Crippen LogP contribution in [0.15, 0.2) is 60.3 Å². The van der Waals surface area contributed by atoms with Crippen LogP contribution < -0.4 is 38.2 Å². The second kappa shape index (κ2) is 8.99. The van der Waals surface area contributed by atoms with Gasteiger partial charge in [0.15, 0.2) is 0 Å². The number of nitrogens with zero attached hydrogens (tertiary/aromatic N) is 2. The number of pyridine rings is 1. The third-order valence-corrected chi connectivity index (χ3v) is 5.42. The maximum Gasteiger partial charge on any atom is 0.212 e. The predicted octanol–water partition coefficient (Wildman–Crippen LogP) is 2.36. The Kier molecular flexibility index (Phi) is 6.63. The number of ether oxygens (including phenoxy) is 1. The van der Waals surface area contributed by atoms with Crippen molar-refractivity contribution in [3.63, 3.8) is 0 Å². The standard InChI is InChI=1S/C25H27N2O.HI/c1-5-26-21(10-8-19-15-18(3)7-13-24(19)26)17-22-11-9-20-16-23(28-4)12-14-25(20)27(22)6-2;/h7-17H,5-6H2,1-4H3;1H/q+1;/p-1. The second-order valence-electron chi connectivity index (χ2n) is 7.14. The van der Waals surface area contributed by atoms with Gasteiger partial charge in [-0.1, -0.05) is 17.7 Å². The minimum absolute atomic E-state index is 0. The van der Waals surface area contributed by atoms with Gasteiger partial charge in [-0.3, -0.25) is 0 Å². The monoisotopic (exact) mass is 498 g/mol. The Bertz CT molecular complexity index is 1100. The van der Waals surface area contributed by atoms with Gasteiger partial charge in [0.25, 0.3) is 0 Å². The van der Waals surface area contributed by atoms with Crippen molar-refractivity contribution >= 4 is 28.7 Å². The van der Waals surface area contributed by atoms with Gasteiger partial charge in [-0.2, -0.15) is 4.57 Å². The first-order valence-corrected chi connectivity index (χ1v) is 9.93. The highest BCUT2D eigenvalue weighted by atomic mass is 127. The smallest absolute Gasteiger partial charge is 0.212 e. The lowest BCUT2D eigenvalue weighted by molar-refractivity contribution is -0.669. The van der Waals surface area contributed by atoms with Crippen molar-refractivity contribution in [3.8, 4) is 5.75 Å². The highest BCUT2D eigenvalue weighted by Gasteiger charge is 2.19. The van der Waals surface area contributed by atoms with E-state index in [0.717, 1.165) is 18.8 Å². The summed E-state index contributed by atoms with van der Waals surface area (Å²) in [7, 11) is 1.71. The molecule has 2 heterocycles. The van der Waals surface area contributed by atoms with Gasteiger partial charge in [0, 0.05) is 47.1 Å². The van der Waals surface area contributed by atoms with Crippen LogP contribution in [0, 0.1) is 6.92 Å². The number of aryl methyl sites for hydroxylation is 2. The molecule has 1 aliphatic rings. The number of aromatic nitrogens is 1. The molecule has 4 heteroatoms. The molecule has 4 rings (SSSR count). The molecule has 150 valence electrons. The summed E-state index contributed by atoms with van der Waals surface area (Å²) in [5.41, 5.74) is 7.39. The van der Waals surface area contributed by atoms with Gasteiger partial charge in [-0.15, -0.1) is 0 Å². The number of likely N-dealkylation sites (N-methyl/N-ethyl adjacent to an activating group) is 1. The van der Waals surface area contributed by atoms with Crippen LogP contribution in [0.3, 0.4) is 0 Å². The summed E-state index contributed by atoms with van der Waals surface area (Å²) in [6.07, 6.45) is 6.66. The minimum Gasteiger partial charge on any atom is -1.00 e. The fraction of sp³-hybridized carbons (Fsp3) is 0.240. The first-order valence-electron chi connectivity index (χ1n) is 9.93. The number of anilines is 1. The van der Waals surface area contributed by atoms with E-state index >= 15 is 0 Å². The maximum atomic E-state index is 5.38. The van der Waals surface area contributed by atoms with Gasteiger partial charge in [0.1, 0.15) is 12.3 Å². The molecule has 1 aromatic heterocycles. The number of hydrogen-bond acceptors (Lipinski definition) is 2. The molecular formula is C25H27IN2O. The Morgan fingerprint density at radius 3 is 2.55 bits per heavy atom. The van der Waals surface area contributed by atoms with Crippen molar-refractivity contribution in [2.75, 3.05) is 18.6 Å². The fourth-order valence-corrected chi connectivity index (χ4v) is 4.01. The van der Waals surface area contributed by atoms with Crippen LogP contribution in [-0.2, 0) is 6.54 Å². The molecule has 0 saturated heterocycles. The number of benzene rings is 2. The summed E-state index contributed by atoms with van der Waals surface area (Å²) in [5, 5.41) is 1.29. The number of methoxy groups -OCH3 is 1. The molecule has 0 fully saturated rings. The molecule has 0 aliphatic carbocycles. The van der Waals surface area contributed by atoms with Crippen LogP contribution >= 0.6 is 0 Å². The zero-order valence-corrected chi connectivity index (χ0v) is 19.6. The molecular weight excluding hydrogens is 471 g/mol. The van der Waals surface area contributed by atoms with Crippen LogP contribution in [0.2, 0.25) is 0 Å². The van der Waals surface area contributed by atoms with Crippen LogP contribution in [-0.4, -0.2) is 13.7 Å². The number of hydrogen-bond donors (Lipinski definition) is 0. The predicted molar refractivity (Wildman–Crippen MR) is 118 cm³/mol. The van der Waals surface area contributed by atoms with E-state index in [1.165, 1.54) is 39.1 Å². The largest absolute Gasteiger partial charge is 1.00 e. The third-order valence-electron chi connectivity index (χ3n) is 5.42. The fourth-order valence-electron chi connectivity index (χ4n) is 4.01. The zero-order valence-electron chi connectivity index (χ0n) is 17.4. The minimum atomic E-state index is 0. The quantitative estimate of drug-likeness (QED) is 0.406. The average molecular weight is 498 g/mol. The molecule has 3 aromatic rings. The Labute approximate surface area is 190 Å². The van der Waals surface area contributed by atoms with Gasteiger partial charge < -0.3 is 33.6 Å². The molecule has 0 atom stereocenters. The van der Waals surface area contributed by atoms with E-state index in [1.54, 1.807) is 7.11 Å². The van der Waals surface area contributed by atoms with Crippen molar-refractivity contribution in [2.45, 2.75) is 27.3 Å². The van der Waals surface area contributed by atoms with E-state index in [1.807, 2.05) is 6.07 Å². The summed E-state index contributed by atoms with van der Waals surface area (Å²) in [5.74, 6) is 0.889. The lowest BCUT2D eigenvalue weighted by atomic mass is 10.0. The van der Waals surface area contributed by atoms with Crippen molar-refractivity contribution < 1.29 is 33.3 Å². The topological polar surface area (TPSA) is 16.4 Å². The van der Waals surface area contributed by atoms with E-state index < -0.39 is 0 Å². The van der Waals surface area contributed by atoms with Crippen LogP contribution in [0.5, 0.6) is 5.75 Å². The summed E-state index contributed by atoms with van der Waals surface area (Å²) in [4.78, 5) is 2.36. The van der Waals surface area contributed by atoms with Crippen molar-refractivity contribution in [3.05, 3.63) is 77.1 Å². The van der Waals surface area contributed by atoms with E-state index in [9.17, 15) is 0 Å². The van der Waals surface area contributed by atoms with Gasteiger partial charge in [0.2, 0.25) is 11.2 Å². The normalized spacial score (nSPS) is 14.1. The first-order chi connectivity index (χ1) is 13.6. The van der Waals surface area contributed by atoms with Crippen LogP contribution in [0.25, 0.3) is 23.1 Å². The van der Waals surface area contributed by atoms with Crippen LogP contribution in [0.1, 0.15) is 30.7 Å². The number of halogens is 1. The van der Waals surface area contributed by atoms with Gasteiger partial charge in [0.05, 0.1) is 7.11 Å². The first kappa shape index (κ1) is 21.4. The van der Waals surface area contributed by atoms with E-state index in [0.29, 0.717) is 0 Å². The van der Waals surface area contributed by atoms with Gasteiger partial charge >= 0.3 is 0 Å². The summed E-state index contributed by atoms with van der Waals surface area (Å²) in [6, 6.07) is 17.4. The molecule has 0 radical (unpaired) electrons. The Morgan fingerprint density at radius 1 is 1.00 bits per heavy atom. The van der Waals surface area contributed by atoms with Gasteiger partial charge in [-0.05, 0) is 57.2 Å².